The SMILES string of the molecule is NCC(Cc1cccc(O)c1)c1cccc(Oc2ccccc2)c1. The number of nitrogens with two attached hydrogens (primary N) is 1. The molecule has 0 bridgehead atoms. The van der Waals surface area contributed by atoms with Crippen molar-refractivity contribution in [3.63, 3.8) is 0 Å². The second-order valence-corrected chi connectivity index (χ2v) is 5.79. The number of rotatable bonds is 6. The van der Waals surface area contributed by atoms with E-state index in [0.29, 0.717) is 6.54 Å². The fraction of sp³-hybridized carbons (Fsp3) is 0.143. The fourth-order valence-corrected chi connectivity index (χ4v) is 2.76. The maximum absolute atomic E-state index is 9.63. The second kappa shape index (κ2) is 7.66. The number of phenols is 1. The van der Waals surface area contributed by atoms with Crippen molar-refractivity contribution in [2.45, 2.75) is 12.3 Å². The number of hydrogen-bond donors (Lipinski definition) is 2. The third-order valence-corrected chi connectivity index (χ3v) is 3.99. The van der Waals surface area contributed by atoms with E-state index in [1.807, 2.05) is 60.7 Å². The van der Waals surface area contributed by atoms with Gasteiger partial charge in [0.05, 0.1) is 0 Å². The van der Waals surface area contributed by atoms with Crippen molar-refractivity contribution in [3.8, 4) is 17.2 Å². The molecule has 0 aliphatic carbocycles. The third-order valence-electron chi connectivity index (χ3n) is 3.99. The normalized spacial score (nSPS) is 11.9. The average molecular weight is 319 g/mol. The molecule has 0 saturated heterocycles. The van der Waals surface area contributed by atoms with Gasteiger partial charge < -0.3 is 15.6 Å². The Morgan fingerprint density at radius 1 is 0.833 bits per heavy atom. The van der Waals surface area contributed by atoms with Crippen molar-refractivity contribution in [2.75, 3.05) is 6.54 Å². The van der Waals surface area contributed by atoms with Gasteiger partial charge in [0.1, 0.15) is 17.2 Å². The molecule has 1 unspecified atom stereocenters. The lowest BCUT2D eigenvalue weighted by Crippen LogP contribution is -2.15. The van der Waals surface area contributed by atoms with E-state index in [1.165, 1.54) is 0 Å². The Bertz CT molecular complexity index is 787. The topological polar surface area (TPSA) is 55.5 Å². The largest absolute Gasteiger partial charge is 0.508 e. The van der Waals surface area contributed by atoms with E-state index in [2.05, 4.69) is 6.07 Å². The molecule has 0 heterocycles. The highest BCUT2D eigenvalue weighted by molar-refractivity contribution is 5.36. The van der Waals surface area contributed by atoms with E-state index in [0.717, 1.165) is 29.0 Å². The zero-order valence-corrected chi connectivity index (χ0v) is 13.4. The Hall–Kier alpha value is -2.78. The van der Waals surface area contributed by atoms with Gasteiger partial charge in [0, 0.05) is 5.92 Å². The summed E-state index contributed by atoms with van der Waals surface area (Å²) in [6.07, 6.45) is 0.777. The second-order valence-electron chi connectivity index (χ2n) is 5.79. The number of hydrogen-bond acceptors (Lipinski definition) is 3. The molecule has 0 radical (unpaired) electrons. The van der Waals surface area contributed by atoms with Crippen LogP contribution in [0.4, 0.5) is 0 Å². The van der Waals surface area contributed by atoms with Crippen LogP contribution in [0.2, 0.25) is 0 Å². The molecule has 0 spiro atoms. The Labute approximate surface area is 142 Å². The highest BCUT2D eigenvalue weighted by atomic mass is 16.5. The van der Waals surface area contributed by atoms with Crippen LogP contribution in [0.15, 0.2) is 78.9 Å². The molecule has 0 fully saturated rings. The van der Waals surface area contributed by atoms with Crippen LogP contribution >= 0.6 is 0 Å². The summed E-state index contributed by atoms with van der Waals surface area (Å²) in [4.78, 5) is 0. The molecule has 1 atom stereocenters. The number of para-hydroxylation sites is 1. The van der Waals surface area contributed by atoms with Gasteiger partial charge in [0.15, 0.2) is 0 Å². The zero-order chi connectivity index (χ0) is 16.8. The summed E-state index contributed by atoms with van der Waals surface area (Å²) in [7, 11) is 0. The number of ether oxygens (including phenoxy) is 1. The molecular formula is C21H21NO2. The average Bonchev–Trinajstić information content (AvgIpc) is 2.61. The van der Waals surface area contributed by atoms with Crippen molar-refractivity contribution in [1.82, 2.24) is 0 Å². The number of phenolic OH excluding ortho intramolecular Hbond substituents is 1. The minimum Gasteiger partial charge on any atom is -0.508 e. The summed E-state index contributed by atoms with van der Waals surface area (Å²) in [5, 5.41) is 9.63. The highest BCUT2D eigenvalue weighted by Crippen LogP contribution is 2.27. The molecule has 3 N–H and O–H groups in total. The van der Waals surface area contributed by atoms with E-state index >= 15 is 0 Å². The van der Waals surface area contributed by atoms with Crippen LogP contribution in [-0.4, -0.2) is 11.7 Å². The lowest BCUT2D eigenvalue weighted by molar-refractivity contribution is 0.474. The van der Waals surface area contributed by atoms with E-state index in [1.54, 1.807) is 12.1 Å². The zero-order valence-electron chi connectivity index (χ0n) is 13.4. The molecule has 3 nitrogen and oxygen atoms in total. The molecule has 3 heteroatoms. The molecule has 122 valence electrons. The van der Waals surface area contributed by atoms with Gasteiger partial charge in [-0.05, 0) is 60.5 Å². The lowest BCUT2D eigenvalue weighted by Gasteiger charge is -2.17. The van der Waals surface area contributed by atoms with Crippen molar-refractivity contribution < 1.29 is 9.84 Å². The van der Waals surface area contributed by atoms with Crippen LogP contribution in [0.5, 0.6) is 17.2 Å². The van der Waals surface area contributed by atoms with Gasteiger partial charge >= 0.3 is 0 Å². The number of benzene rings is 3. The Kier molecular flexibility index (Phi) is 5.14. The molecule has 0 amide bonds. The van der Waals surface area contributed by atoms with E-state index in [9.17, 15) is 5.11 Å². The molecule has 0 saturated carbocycles. The monoisotopic (exact) mass is 319 g/mol. The Morgan fingerprint density at radius 3 is 2.33 bits per heavy atom. The van der Waals surface area contributed by atoms with Crippen molar-refractivity contribution in [2.24, 2.45) is 5.73 Å². The van der Waals surface area contributed by atoms with E-state index in [4.69, 9.17) is 10.5 Å². The quantitative estimate of drug-likeness (QED) is 0.705. The first-order chi connectivity index (χ1) is 11.7. The van der Waals surface area contributed by atoms with Gasteiger partial charge in [-0.3, -0.25) is 0 Å². The summed E-state index contributed by atoms with van der Waals surface area (Å²) in [6, 6.07) is 25.1. The molecule has 3 aromatic rings. The van der Waals surface area contributed by atoms with Gasteiger partial charge in [-0.25, -0.2) is 0 Å². The molecular weight excluding hydrogens is 298 g/mol. The van der Waals surface area contributed by atoms with Crippen molar-refractivity contribution in [1.29, 1.82) is 0 Å². The smallest absolute Gasteiger partial charge is 0.127 e. The molecule has 3 aromatic carbocycles. The van der Waals surface area contributed by atoms with Gasteiger partial charge in [-0.1, -0.05) is 42.5 Å². The molecule has 24 heavy (non-hydrogen) atoms. The standard InChI is InChI=1S/C21H21NO2/c22-15-18(12-16-6-4-8-19(23)13-16)17-7-5-11-21(14-17)24-20-9-2-1-3-10-20/h1-11,13-14,18,23H,12,15,22H2. The molecule has 0 aliphatic rings. The van der Waals surface area contributed by atoms with Crippen LogP contribution in [0, 0.1) is 0 Å². The molecule has 0 aliphatic heterocycles. The van der Waals surface area contributed by atoms with Gasteiger partial charge in [-0.2, -0.15) is 0 Å². The van der Waals surface area contributed by atoms with Crippen molar-refractivity contribution in [3.05, 3.63) is 90.0 Å². The summed E-state index contributed by atoms with van der Waals surface area (Å²) < 4.78 is 5.90. The van der Waals surface area contributed by atoms with Gasteiger partial charge in [0.2, 0.25) is 0 Å². The number of aromatic hydroxyl groups is 1. The van der Waals surface area contributed by atoms with Crippen LogP contribution in [0.1, 0.15) is 17.0 Å². The van der Waals surface area contributed by atoms with E-state index in [-0.39, 0.29) is 11.7 Å². The fourth-order valence-electron chi connectivity index (χ4n) is 2.76. The predicted octanol–water partition coefficient (Wildman–Crippen LogP) is 4.47. The highest BCUT2D eigenvalue weighted by Gasteiger charge is 2.12. The van der Waals surface area contributed by atoms with E-state index < -0.39 is 0 Å². The van der Waals surface area contributed by atoms with Crippen LogP contribution in [-0.2, 0) is 6.42 Å². The Balaban J connectivity index is 1.78. The van der Waals surface area contributed by atoms with Gasteiger partial charge in [0.25, 0.3) is 0 Å². The summed E-state index contributed by atoms with van der Waals surface area (Å²) in [6.45, 7) is 0.532. The van der Waals surface area contributed by atoms with Crippen LogP contribution < -0.4 is 10.5 Å². The van der Waals surface area contributed by atoms with Crippen LogP contribution in [0.3, 0.4) is 0 Å². The third kappa shape index (κ3) is 4.15. The summed E-state index contributed by atoms with van der Waals surface area (Å²) >= 11 is 0. The first-order valence-corrected chi connectivity index (χ1v) is 8.05. The first-order valence-electron chi connectivity index (χ1n) is 8.05. The minimum absolute atomic E-state index is 0.172. The lowest BCUT2D eigenvalue weighted by atomic mass is 9.92. The maximum Gasteiger partial charge on any atom is 0.127 e. The summed E-state index contributed by atoms with van der Waals surface area (Å²) in [5.74, 6) is 2.07. The van der Waals surface area contributed by atoms with Crippen LogP contribution in [0.25, 0.3) is 0 Å². The first kappa shape index (κ1) is 16.1. The molecule has 0 aromatic heterocycles. The maximum atomic E-state index is 9.63. The minimum atomic E-state index is 0.172. The van der Waals surface area contributed by atoms with Crippen molar-refractivity contribution >= 4 is 0 Å². The predicted molar refractivity (Wildman–Crippen MR) is 96.6 cm³/mol. The Morgan fingerprint density at radius 2 is 1.58 bits per heavy atom. The van der Waals surface area contributed by atoms with Gasteiger partial charge in [-0.15, -0.1) is 0 Å². The summed E-state index contributed by atoms with van der Waals surface area (Å²) in [5.41, 5.74) is 8.19. The molecule has 3 rings (SSSR count).